The van der Waals surface area contributed by atoms with Gasteiger partial charge in [-0.25, -0.2) is 13.1 Å². The van der Waals surface area contributed by atoms with Gasteiger partial charge >= 0.3 is 0 Å². The van der Waals surface area contributed by atoms with Crippen molar-refractivity contribution in [2.75, 3.05) is 11.1 Å². The van der Waals surface area contributed by atoms with E-state index in [1.807, 2.05) is 0 Å². The number of rotatable bonds is 6. The molecule has 0 fully saturated rings. The smallest absolute Gasteiger partial charge is 0.255 e. The van der Waals surface area contributed by atoms with Crippen LogP contribution in [0.2, 0.25) is 0 Å². The van der Waals surface area contributed by atoms with Crippen molar-refractivity contribution in [1.29, 1.82) is 0 Å². The summed E-state index contributed by atoms with van der Waals surface area (Å²) < 4.78 is 27.1. The maximum absolute atomic E-state index is 12.3. The number of nitrogens with zero attached hydrogens (tertiary/aromatic N) is 1. The Kier molecular flexibility index (Phi) is 5.49. The molecule has 0 aliphatic rings. The number of anilines is 2. The monoisotopic (exact) mass is 382 g/mol. The van der Waals surface area contributed by atoms with Gasteiger partial charge in [0.2, 0.25) is 10.0 Å². The molecule has 0 aliphatic carbocycles. The van der Waals surface area contributed by atoms with Crippen LogP contribution >= 0.6 is 0 Å². The van der Waals surface area contributed by atoms with Crippen molar-refractivity contribution in [3.05, 3.63) is 84.2 Å². The minimum absolute atomic E-state index is 0.108. The van der Waals surface area contributed by atoms with Gasteiger partial charge < -0.3 is 11.1 Å². The number of carbonyl (C=O) groups is 1. The molecular formula is C19H18N4O3S. The molecule has 8 heteroatoms. The molecule has 0 radical (unpaired) electrons. The number of amides is 1. The first-order valence-corrected chi connectivity index (χ1v) is 9.58. The number of nitrogen functional groups attached to an aromatic ring is 1. The quantitative estimate of drug-likeness (QED) is 0.567. The molecule has 1 amide bonds. The maximum Gasteiger partial charge on any atom is 0.255 e. The highest BCUT2D eigenvalue weighted by Crippen LogP contribution is 2.13. The summed E-state index contributed by atoms with van der Waals surface area (Å²) in [5, 5.41) is 2.74. The van der Waals surface area contributed by atoms with Gasteiger partial charge in [-0.3, -0.25) is 9.78 Å². The molecule has 1 heterocycles. The van der Waals surface area contributed by atoms with Crippen LogP contribution in [0.15, 0.2) is 78.0 Å². The lowest BCUT2D eigenvalue weighted by Crippen LogP contribution is -2.23. The van der Waals surface area contributed by atoms with E-state index in [2.05, 4.69) is 15.0 Å². The molecule has 27 heavy (non-hydrogen) atoms. The lowest BCUT2D eigenvalue weighted by atomic mass is 10.1. The molecule has 3 rings (SSSR count). The number of nitrogens with one attached hydrogen (secondary N) is 2. The average molecular weight is 382 g/mol. The van der Waals surface area contributed by atoms with E-state index in [-0.39, 0.29) is 17.3 Å². The molecule has 0 atom stereocenters. The van der Waals surface area contributed by atoms with Crippen molar-refractivity contribution in [3.63, 3.8) is 0 Å². The van der Waals surface area contributed by atoms with Crippen LogP contribution in [0, 0.1) is 0 Å². The first-order chi connectivity index (χ1) is 12.9. The Morgan fingerprint density at radius 3 is 2.33 bits per heavy atom. The molecule has 138 valence electrons. The normalized spacial score (nSPS) is 11.1. The molecule has 4 N–H and O–H groups in total. The largest absolute Gasteiger partial charge is 0.399 e. The SMILES string of the molecule is Nc1ccc(S(=O)(=O)NCc2ccc(C(=O)Nc3cccnc3)cc2)cc1. The van der Waals surface area contributed by atoms with Gasteiger partial charge in [-0.1, -0.05) is 12.1 Å². The van der Waals surface area contributed by atoms with E-state index < -0.39 is 10.0 Å². The summed E-state index contributed by atoms with van der Waals surface area (Å²) >= 11 is 0. The Hall–Kier alpha value is -3.23. The Bertz CT molecular complexity index is 1020. The molecule has 3 aromatic rings. The van der Waals surface area contributed by atoms with E-state index in [1.54, 1.807) is 48.8 Å². The van der Waals surface area contributed by atoms with Crippen molar-refractivity contribution in [3.8, 4) is 0 Å². The maximum atomic E-state index is 12.3. The Morgan fingerprint density at radius 2 is 1.70 bits per heavy atom. The third-order valence-corrected chi connectivity index (χ3v) is 5.21. The lowest BCUT2D eigenvalue weighted by Gasteiger charge is -2.08. The van der Waals surface area contributed by atoms with E-state index in [0.717, 1.165) is 5.56 Å². The first kappa shape index (κ1) is 18.6. The molecule has 7 nitrogen and oxygen atoms in total. The van der Waals surface area contributed by atoms with Crippen molar-refractivity contribution < 1.29 is 13.2 Å². The summed E-state index contributed by atoms with van der Waals surface area (Å²) in [5.41, 5.74) is 7.86. The fraction of sp³-hybridized carbons (Fsp3) is 0.0526. The molecular weight excluding hydrogens is 364 g/mol. The number of carbonyl (C=O) groups excluding carboxylic acids is 1. The highest BCUT2D eigenvalue weighted by atomic mass is 32.2. The molecule has 0 unspecified atom stereocenters. The Labute approximate surface area is 157 Å². The van der Waals surface area contributed by atoms with Crippen molar-refractivity contribution >= 4 is 27.3 Å². The molecule has 0 bridgehead atoms. The van der Waals surface area contributed by atoms with Crippen LogP contribution in [0.25, 0.3) is 0 Å². The van der Waals surface area contributed by atoms with Crippen LogP contribution in [0.3, 0.4) is 0 Å². The van der Waals surface area contributed by atoms with E-state index in [4.69, 9.17) is 5.73 Å². The Balaban J connectivity index is 1.62. The average Bonchev–Trinajstić information content (AvgIpc) is 2.68. The van der Waals surface area contributed by atoms with Gasteiger partial charge in [0, 0.05) is 24.0 Å². The second-order valence-corrected chi connectivity index (χ2v) is 7.55. The van der Waals surface area contributed by atoms with Gasteiger partial charge in [0.15, 0.2) is 0 Å². The highest BCUT2D eigenvalue weighted by molar-refractivity contribution is 7.89. The van der Waals surface area contributed by atoms with Gasteiger partial charge in [0.1, 0.15) is 0 Å². The van der Waals surface area contributed by atoms with Gasteiger partial charge in [-0.15, -0.1) is 0 Å². The zero-order chi connectivity index (χ0) is 19.3. The number of hydrogen-bond acceptors (Lipinski definition) is 5. The summed E-state index contributed by atoms with van der Waals surface area (Å²) in [6.07, 6.45) is 3.17. The number of aromatic nitrogens is 1. The van der Waals surface area contributed by atoms with E-state index in [9.17, 15) is 13.2 Å². The fourth-order valence-electron chi connectivity index (χ4n) is 2.32. The van der Waals surface area contributed by atoms with E-state index in [1.165, 1.54) is 24.3 Å². The van der Waals surface area contributed by atoms with Gasteiger partial charge in [0.25, 0.3) is 5.91 Å². The van der Waals surface area contributed by atoms with Gasteiger partial charge in [-0.2, -0.15) is 0 Å². The topological polar surface area (TPSA) is 114 Å². The molecule has 0 spiro atoms. The summed E-state index contributed by atoms with van der Waals surface area (Å²) in [7, 11) is -3.63. The zero-order valence-electron chi connectivity index (χ0n) is 14.3. The second kappa shape index (κ2) is 7.98. The Morgan fingerprint density at radius 1 is 1.00 bits per heavy atom. The zero-order valence-corrected chi connectivity index (χ0v) is 15.1. The van der Waals surface area contributed by atoms with Crippen LogP contribution in [-0.4, -0.2) is 19.3 Å². The number of pyridine rings is 1. The number of benzene rings is 2. The van der Waals surface area contributed by atoms with Crippen molar-refractivity contribution in [2.45, 2.75) is 11.4 Å². The summed E-state index contributed by atoms with van der Waals surface area (Å²) in [5.74, 6) is -0.267. The summed E-state index contributed by atoms with van der Waals surface area (Å²) in [6, 6.07) is 16.1. The van der Waals surface area contributed by atoms with Gasteiger partial charge in [0.05, 0.1) is 16.8 Å². The van der Waals surface area contributed by atoms with Crippen LogP contribution in [0.1, 0.15) is 15.9 Å². The highest BCUT2D eigenvalue weighted by Gasteiger charge is 2.13. The molecule has 1 aromatic heterocycles. The van der Waals surface area contributed by atoms with Crippen LogP contribution in [0.4, 0.5) is 11.4 Å². The van der Waals surface area contributed by atoms with E-state index >= 15 is 0 Å². The molecule has 0 aliphatic heterocycles. The minimum Gasteiger partial charge on any atom is -0.399 e. The van der Waals surface area contributed by atoms with Crippen LogP contribution in [-0.2, 0) is 16.6 Å². The number of sulfonamides is 1. The van der Waals surface area contributed by atoms with Gasteiger partial charge in [-0.05, 0) is 54.1 Å². The third-order valence-electron chi connectivity index (χ3n) is 3.79. The lowest BCUT2D eigenvalue weighted by molar-refractivity contribution is 0.102. The third kappa shape index (κ3) is 4.90. The van der Waals surface area contributed by atoms with E-state index in [0.29, 0.717) is 16.9 Å². The molecule has 0 saturated carbocycles. The molecule has 0 saturated heterocycles. The minimum atomic E-state index is -3.63. The van der Waals surface area contributed by atoms with Crippen molar-refractivity contribution in [1.82, 2.24) is 9.71 Å². The van der Waals surface area contributed by atoms with Crippen molar-refractivity contribution in [2.24, 2.45) is 0 Å². The second-order valence-electron chi connectivity index (χ2n) is 5.79. The summed E-state index contributed by atoms with van der Waals surface area (Å²) in [6.45, 7) is 0.108. The number of nitrogens with two attached hydrogens (primary N) is 1. The predicted octanol–water partition coefficient (Wildman–Crippen LogP) is 2.39. The number of hydrogen-bond donors (Lipinski definition) is 3. The standard InChI is InChI=1S/C19H18N4O3S/c20-16-7-9-18(10-8-16)27(25,26)22-12-14-3-5-15(6-4-14)19(24)23-17-2-1-11-21-13-17/h1-11,13,22H,12,20H2,(H,23,24). The van der Waals surface area contributed by atoms with Crippen LogP contribution < -0.4 is 15.8 Å². The summed E-state index contributed by atoms with van der Waals surface area (Å²) in [4.78, 5) is 16.3. The first-order valence-electron chi connectivity index (χ1n) is 8.09. The molecule has 2 aromatic carbocycles. The van der Waals surface area contributed by atoms with Crippen LogP contribution in [0.5, 0.6) is 0 Å². The fourth-order valence-corrected chi connectivity index (χ4v) is 3.34. The predicted molar refractivity (Wildman–Crippen MR) is 104 cm³/mol.